The zero-order valence-corrected chi connectivity index (χ0v) is 11.9. The number of hydrogen-bond donors (Lipinski definition) is 0. The summed E-state index contributed by atoms with van der Waals surface area (Å²) in [5.41, 5.74) is 0.408. The molecule has 4 heteroatoms. The first kappa shape index (κ1) is 13.6. The van der Waals surface area contributed by atoms with Gasteiger partial charge in [-0.2, -0.15) is 10.5 Å². The molecule has 1 heterocycles. The molecular weight excluding hydrogens is 252 g/mol. The zero-order chi connectivity index (χ0) is 14.2. The lowest BCUT2D eigenvalue weighted by atomic mass is 9.62. The molecule has 0 aromatic heterocycles. The Morgan fingerprint density at radius 3 is 2.60 bits per heavy atom. The Labute approximate surface area is 120 Å². The highest BCUT2D eigenvalue weighted by molar-refractivity contribution is 5.24. The fourth-order valence-electron chi connectivity index (χ4n) is 4.14. The predicted molar refractivity (Wildman–Crippen MR) is 72.1 cm³/mol. The first-order chi connectivity index (χ1) is 9.63. The van der Waals surface area contributed by atoms with Crippen LogP contribution >= 0.6 is 0 Å². The Bertz CT molecular complexity index is 492. The molecule has 1 saturated carbocycles. The zero-order valence-electron chi connectivity index (χ0n) is 11.9. The van der Waals surface area contributed by atoms with E-state index in [1.165, 1.54) is 5.57 Å². The second-order valence-electron chi connectivity index (χ2n) is 6.37. The number of nitrogens with zero attached hydrogens (tertiary/aromatic N) is 2. The van der Waals surface area contributed by atoms with Gasteiger partial charge in [0, 0.05) is 12.8 Å². The highest BCUT2D eigenvalue weighted by Crippen LogP contribution is 2.52. The van der Waals surface area contributed by atoms with E-state index in [4.69, 9.17) is 9.47 Å². The van der Waals surface area contributed by atoms with Crippen molar-refractivity contribution in [2.45, 2.75) is 44.8 Å². The Morgan fingerprint density at radius 2 is 1.95 bits per heavy atom. The standard InChI is InChI=1S/C16H20N2O2/c1-12-2-4-15(10-17,11-18)14-3-5-16(9-13(14)8-12)19-6-7-20-16/h2,13-14H,3-9H2,1H3. The summed E-state index contributed by atoms with van der Waals surface area (Å²) in [6.07, 6.45) is 6.04. The van der Waals surface area contributed by atoms with Gasteiger partial charge in [0.2, 0.25) is 0 Å². The molecule has 2 aliphatic carbocycles. The number of hydrogen-bond acceptors (Lipinski definition) is 4. The van der Waals surface area contributed by atoms with E-state index in [-0.39, 0.29) is 5.92 Å². The van der Waals surface area contributed by atoms with E-state index in [1.807, 2.05) is 0 Å². The Balaban J connectivity index is 1.91. The maximum atomic E-state index is 9.58. The van der Waals surface area contributed by atoms with E-state index in [1.54, 1.807) is 0 Å². The van der Waals surface area contributed by atoms with Crippen LogP contribution in [0.25, 0.3) is 0 Å². The summed E-state index contributed by atoms with van der Waals surface area (Å²) in [6, 6.07) is 4.64. The van der Waals surface area contributed by atoms with Crippen LogP contribution in [-0.4, -0.2) is 19.0 Å². The summed E-state index contributed by atoms with van der Waals surface area (Å²) in [6.45, 7) is 3.42. The number of ether oxygens (including phenoxy) is 2. The maximum absolute atomic E-state index is 9.58. The van der Waals surface area contributed by atoms with E-state index < -0.39 is 11.2 Å². The molecule has 2 unspecified atom stereocenters. The largest absolute Gasteiger partial charge is 0.348 e. The fourth-order valence-corrected chi connectivity index (χ4v) is 4.14. The van der Waals surface area contributed by atoms with Crippen molar-refractivity contribution in [1.82, 2.24) is 0 Å². The third-order valence-electron chi connectivity index (χ3n) is 5.18. The summed E-state index contributed by atoms with van der Waals surface area (Å²) in [4.78, 5) is 0. The van der Waals surface area contributed by atoms with Gasteiger partial charge in [-0.3, -0.25) is 0 Å². The van der Waals surface area contributed by atoms with Crippen LogP contribution in [0.1, 0.15) is 39.0 Å². The SMILES string of the molecule is CC1=CCC(C#N)(C#N)C2CCC3(CC2C1)OCCO3. The minimum atomic E-state index is -0.872. The van der Waals surface area contributed by atoms with Gasteiger partial charge in [-0.1, -0.05) is 11.6 Å². The lowest BCUT2D eigenvalue weighted by Gasteiger charge is -2.44. The van der Waals surface area contributed by atoms with Gasteiger partial charge in [-0.25, -0.2) is 0 Å². The van der Waals surface area contributed by atoms with Crippen LogP contribution in [0.2, 0.25) is 0 Å². The second kappa shape index (κ2) is 4.88. The topological polar surface area (TPSA) is 66.0 Å². The van der Waals surface area contributed by atoms with Gasteiger partial charge in [0.15, 0.2) is 5.79 Å². The molecule has 4 nitrogen and oxygen atoms in total. The molecule has 1 saturated heterocycles. The molecule has 1 aliphatic heterocycles. The van der Waals surface area contributed by atoms with Gasteiger partial charge >= 0.3 is 0 Å². The molecule has 0 bridgehead atoms. The highest BCUT2D eigenvalue weighted by Gasteiger charge is 2.52. The van der Waals surface area contributed by atoms with Crippen molar-refractivity contribution < 1.29 is 9.47 Å². The molecule has 0 N–H and O–H groups in total. The van der Waals surface area contributed by atoms with E-state index in [9.17, 15) is 10.5 Å². The molecule has 0 aromatic carbocycles. The average Bonchev–Trinajstić information content (AvgIpc) is 2.84. The van der Waals surface area contributed by atoms with Crippen LogP contribution in [0.4, 0.5) is 0 Å². The smallest absolute Gasteiger partial charge is 0.168 e. The average molecular weight is 272 g/mol. The van der Waals surface area contributed by atoms with Gasteiger partial charge in [-0.15, -0.1) is 0 Å². The molecule has 3 rings (SSSR count). The Morgan fingerprint density at radius 1 is 1.25 bits per heavy atom. The molecule has 0 aromatic rings. The van der Waals surface area contributed by atoms with Crippen molar-refractivity contribution in [3.63, 3.8) is 0 Å². The van der Waals surface area contributed by atoms with Crippen molar-refractivity contribution in [3.8, 4) is 12.1 Å². The third kappa shape index (κ3) is 2.04. The number of nitriles is 2. The Kier molecular flexibility index (Phi) is 3.32. The van der Waals surface area contributed by atoms with Gasteiger partial charge in [-0.05, 0) is 38.0 Å². The van der Waals surface area contributed by atoms with Crippen LogP contribution in [0, 0.1) is 39.9 Å². The molecular formula is C16H20N2O2. The lowest BCUT2D eigenvalue weighted by Crippen LogP contribution is -2.44. The monoisotopic (exact) mass is 272 g/mol. The van der Waals surface area contributed by atoms with Gasteiger partial charge in [0.05, 0.1) is 25.4 Å². The molecule has 20 heavy (non-hydrogen) atoms. The normalized spacial score (nSPS) is 34.5. The summed E-state index contributed by atoms with van der Waals surface area (Å²) in [5, 5.41) is 19.2. The molecule has 0 radical (unpaired) electrons. The van der Waals surface area contributed by atoms with E-state index >= 15 is 0 Å². The predicted octanol–water partition coefficient (Wildman–Crippen LogP) is 2.92. The van der Waals surface area contributed by atoms with Crippen molar-refractivity contribution in [3.05, 3.63) is 11.6 Å². The second-order valence-corrected chi connectivity index (χ2v) is 6.37. The van der Waals surface area contributed by atoms with Gasteiger partial charge < -0.3 is 9.47 Å². The van der Waals surface area contributed by atoms with Crippen molar-refractivity contribution in [1.29, 1.82) is 10.5 Å². The van der Waals surface area contributed by atoms with Crippen LogP contribution in [-0.2, 0) is 9.47 Å². The first-order valence-electron chi connectivity index (χ1n) is 7.39. The van der Waals surface area contributed by atoms with Crippen molar-refractivity contribution >= 4 is 0 Å². The fraction of sp³-hybridized carbons (Fsp3) is 0.750. The maximum Gasteiger partial charge on any atom is 0.168 e. The van der Waals surface area contributed by atoms with Crippen molar-refractivity contribution in [2.75, 3.05) is 13.2 Å². The van der Waals surface area contributed by atoms with Crippen molar-refractivity contribution in [2.24, 2.45) is 17.3 Å². The van der Waals surface area contributed by atoms with Crippen LogP contribution in [0.5, 0.6) is 0 Å². The summed E-state index contributed by atoms with van der Waals surface area (Å²) < 4.78 is 11.7. The van der Waals surface area contributed by atoms with E-state index in [0.29, 0.717) is 25.6 Å². The summed E-state index contributed by atoms with van der Waals surface area (Å²) in [5.74, 6) is -0.00728. The first-order valence-corrected chi connectivity index (χ1v) is 7.39. The van der Waals surface area contributed by atoms with E-state index in [2.05, 4.69) is 25.1 Å². The molecule has 1 spiro atoms. The molecule has 2 fully saturated rings. The quantitative estimate of drug-likeness (QED) is 0.636. The van der Waals surface area contributed by atoms with Crippen LogP contribution in [0.3, 0.4) is 0 Å². The lowest BCUT2D eigenvalue weighted by molar-refractivity contribution is -0.198. The summed E-state index contributed by atoms with van der Waals surface area (Å²) in [7, 11) is 0. The minimum Gasteiger partial charge on any atom is -0.348 e. The number of allylic oxidation sites excluding steroid dienone is 2. The number of fused-ring (bicyclic) bond motifs is 1. The Hall–Kier alpha value is -1.36. The van der Waals surface area contributed by atoms with Crippen LogP contribution < -0.4 is 0 Å². The van der Waals surface area contributed by atoms with Gasteiger partial charge in [0.1, 0.15) is 5.41 Å². The minimum absolute atomic E-state index is 0.129. The molecule has 3 aliphatic rings. The number of rotatable bonds is 0. The summed E-state index contributed by atoms with van der Waals surface area (Å²) >= 11 is 0. The van der Waals surface area contributed by atoms with Gasteiger partial charge in [0.25, 0.3) is 0 Å². The molecule has 0 amide bonds. The molecule has 106 valence electrons. The third-order valence-corrected chi connectivity index (χ3v) is 5.18. The van der Waals surface area contributed by atoms with E-state index in [0.717, 1.165) is 25.7 Å². The highest BCUT2D eigenvalue weighted by atomic mass is 16.7. The van der Waals surface area contributed by atoms with Crippen LogP contribution in [0.15, 0.2) is 11.6 Å². The molecule has 2 atom stereocenters.